The van der Waals surface area contributed by atoms with Gasteiger partial charge in [-0.1, -0.05) is 27.5 Å². The average molecular weight is 248 g/mol. The Morgan fingerprint density at radius 2 is 2.25 bits per heavy atom. The summed E-state index contributed by atoms with van der Waals surface area (Å²) in [6.45, 7) is 0. The zero-order valence-corrected chi connectivity index (χ0v) is 8.28. The maximum Gasteiger partial charge on any atom is 0.143 e. The second kappa shape index (κ2) is 3.88. The molecule has 0 spiro atoms. The Morgan fingerprint density at radius 1 is 1.58 bits per heavy atom. The second-order valence-electron chi connectivity index (χ2n) is 2.18. The number of rotatable bonds is 1. The van der Waals surface area contributed by atoms with Crippen LogP contribution in [0.4, 0.5) is 4.39 Å². The van der Waals surface area contributed by atoms with Crippen LogP contribution < -0.4 is 0 Å². The first kappa shape index (κ1) is 9.50. The largest absolute Gasteiger partial charge is 0.205 e. The van der Waals surface area contributed by atoms with Crippen LogP contribution in [0.5, 0.6) is 0 Å². The van der Waals surface area contributed by atoms with Crippen molar-refractivity contribution in [2.24, 2.45) is 0 Å². The van der Waals surface area contributed by atoms with E-state index in [4.69, 9.17) is 16.9 Å². The Hall–Kier alpha value is -0.590. The van der Waals surface area contributed by atoms with Crippen molar-refractivity contribution in [2.75, 3.05) is 0 Å². The molecule has 0 saturated heterocycles. The highest BCUT2D eigenvalue weighted by molar-refractivity contribution is 9.08. The third-order valence-electron chi connectivity index (χ3n) is 1.36. The van der Waals surface area contributed by atoms with Crippen molar-refractivity contribution >= 4 is 27.5 Å². The Morgan fingerprint density at radius 3 is 2.75 bits per heavy atom. The number of benzene rings is 1. The minimum absolute atomic E-state index is 0.109. The fourth-order valence-corrected chi connectivity index (χ4v) is 1.28. The van der Waals surface area contributed by atoms with E-state index in [1.165, 1.54) is 6.07 Å². The van der Waals surface area contributed by atoms with Crippen molar-refractivity contribution in [3.8, 4) is 6.07 Å². The molecule has 0 aliphatic rings. The monoisotopic (exact) mass is 247 g/mol. The van der Waals surface area contributed by atoms with Gasteiger partial charge >= 0.3 is 0 Å². The number of nitrogens with zero attached hydrogens (tertiary/aromatic N) is 1. The van der Waals surface area contributed by atoms with Gasteiger partial charge in [0.1, 0.15) is 11.9 Å². The van der Waals surface area contributed by atoms with E-state index in [9.17, 15) is 4.39 Å². The van der Waals surface area contributed by atoms with Gasteiger partial charge in [0.15, 0.2) is 0 Å². The summed E-state index contributed by atoms with van der Waals surface area (Å²) in [4.78, 5) is 0. The molecule has 0 heterocycles. The summed E-state index contributed by atoms with van der Waals surface area (Å²) < 4.78 is 12.9. The molecule has 0 aromatic heterocycles. The SMILES string of the molecule is N#Cc1cc(CBr)cc(F)c1Cl. The van der Waals surface area contributed by atoms with Crippen LogP contribution in [0.1, 0.15) is 11.1 Å². The smallest absolute Gasteiger partial charge is 0.143 e. The molecule has 0 fully saturated rings. The van der Waals surface area contributed by atoms with E-state index in [2.05, 4.69) is 15.9 Å². The lowest BCUT2D eigenvalue weighted by Crippen LogP contribution is -1.87. The van der Waals surface area contributed by atoms with Crippen LogP contribution in [0.2, 0.25) is 5.02 Å². The minimum atomic E-state index is -0.551. The molecule has 1 rings (SSSR count). The third kappa shape index (κ3) is 1.77. The molecule has 0 saturated carbocycles. The molecule has 0 aliphatic heterocycles. The van der Waals surface area contributed by atoms with Gasteiger partial charge in [-0.15, -0.1) is 0 Å². The highest BCUT2D eigenvalue weighted by Gasteiger charge is 2.07. The van der Waals surface area contributed by atoms with E-state index >= 15 is 0 Å². The standard InChI is InChI=1S/C8H4BrClFN/c9-3-5-1-6(4-12)8(10)7(11)2-5/h1-2H,3H2. The lowest BCUT2D eigenvalue weighted by atomic mass is 10.1. The van der Waals surface area contributed by atoms with Crippen LogP contribution in [-0.2, 0) is 5.33 Å². The quantitative estimate of drug-likeness (QED) is 0.700. The number of halogens is 3. The minimum Gasteiger partial charge on any atom is -0.205 e. The maximum absolute atomic E-state index is 12.9. The highest BCUT2D eigenvalue weighted by Crippen LogP contribution is 2.22. The summed E-state index contributed by atoms with van der Waals surface area (Å²) in [5.74, 6) is -0.551. The molecule has 1 nitrogen and oxygen atoms in total. The van der Waals surface area contributed by atoms with Gasteiger partial charge in [0.2, 0.25) is 0 Å². The van der Waals surface area contributed by atoms with E-state index in [1.807, 2.05) is 6.07 Å². The molecule has 12 heavy (non-hydrogen) atoms. The van der Waals surface area contributed by atoms with Crippen molar-refractivity contribution in [2.45, 2.75) is 5.33 Å². The van der Waals surface area contributed by atoms with Crippen LogP contribution >= 0.6 is 27.5 Å². The zero-order valence-electron chi connectivity index (χ0n) is 5.94. The molecule has 0 bridgehead atoms. The molecular formula is C8H4BrClFN. The van der Waals surface area contributed by atoms with E-state index in [0.717, 1.165) is 0 Å². The van der Waals surface area contributed by atoms with Crippen molar-refractivity contribution in [1.29, 1.82) is 5.26 Å². The average Bonchev–Trinajstić information content (AvgIpc) is 2.09. The molecule has 0 atom stereocenters. The predicted octanol–water partition coefficient (Wildman–Crippen LogP) is 3.25. The van der Waals surface area contributed by atoms with Gasteiger partial charge in [0.05, 0.1) is 10.6 Å². The Balaban J connectivity index is 3.31. The maximum atomic E-state index is 12.9. The summed E-state index contributed by atoms with van der Waals surface area (Å²) in [5, 5.41) is 8.95. The molecule has 0 aliphatic carbocycles. The summed E-state index contributed by atoms with van der Waals surface area (Å²) >= 11 is 8.67. The van der Waals surface area contributed by atoms with Gasteiger partial charge in [-0.05, 0) is 17.7 Å². The molecule has 1 aromatic carbocycles. The van der Waals surface area contributed by atoms with Crippen molar-refractivity contribution in [1.82, 2.24) is 0 Å². The van der Waals surface area contributed by atoms with Gasteiger partial charge in [0, 0.05) is 5.33 Å². The Bertz CT molecular complexity index is 346. The van der Waals surface area contributed by atoms with Crippen molar-refractivity contribution < 1.29 is 4.39 Å². The van der Waals surface area contributed by atoms with Gasteiger partial charge in [-0.2, -0.15) is 5.26 Å². The molecule has 1 aromatic rings. The lowest BCUT2D eigenvalue weighted by Gasteiger charge is -1.99. The van der Waals surface area contributed by atoms with Crippen LogP contribution in [0.25, 0.3) is 0 Å². The van der Waals surface area contributed by atoms with Gasteiger partial charge in [-0.25, -0.2) is 4.39 Å². The van der Waals surface area contributed by atoms with Crippen molar-refractivity contribution in [3.05, 3.63) is 34.1 Å². The number of hydrogen-bond donors (Lipinski definition) is 0. The van der Waals surface area contributed by atoms with Crippen molar-refractivity contribution in [3.63, 3.8) is 0 Å². The first-order valence-electron chi connectivity index (χ1n) is 3.13. The summed E-state index contributed by atoms with van der Waals surface area (Å²) in [7, 11) is 0. The highest BCUT2D eigenvalue weighted by atomic mass is 79.9. The first-order valence-corrected chi connectivity index (χ1v) is 4.63. The fourth-order valence-electron chi connectivity index (χ4n) is 0.804. The van der Waals surface area contributed by atoms with Crippen LogP contribution in [0, 0.1) is 17.1 Å². The van der Waals surface area contributed by atoms with Gasteiger partial charge in [-0.3, -0.25) is 0 Å². The lowest BCUT2D eigenvalue weighted by molar-refractivity contribution is 0.626. The molecule has 4 heteroatoms. The summed E-state index contributed by atoms with van der Waals surface area (Å²) in [6.07, 6.45) is 0. The molecule has 0 radical (unpaired) electrons. The van der Waals surface area contributed by atoms with E-state index < -0.39 is 5.82 Å². The third-order valence-corrected chi connectivity index (χ3v) is 2.39. The molecule has 62 valence electrons. The normalized spacial score (nSPS) is 9.50. The Labute approximate surface area is 82.9 Å². The number of alkyl halides is 1. The van der Waals surface area contributed by atoms with Crippen LogP contribution in [-0.4, -0.2) is 0 Å². The number of hydrogen-bond acceptors (Lipinski definition) is 1. The van der Waals surface area contributed by atoms with E-state index in [0.29, 0.717) is 10.9 Å². The number of nitriles is 1. The molecule has 0 amide bonds. The first-order chi connectivity index (χ1) is 5.69. The van der Waals surface area contributed by atoms with Crippen LogP contribution in [0.15, 0.2) is 12.1 Å². The molecular weight excluding hydrogens is 244 g/mol. The van der Waals surface area contributed by atoms with Gasteiger partial charge in [0.25, 0.3) is 0 Å². The Kier molecular flexibility index (Phi) is 3.07. The topological polar surface area (TPSA) is 23.8 Å². The molecule has 0 N–H and O–H groups in total. The molecule has 0 unspecified atom stereocenters. The summed E-state index contributed by atoms with van der Waals surface area (Å²) in [6, 6.07) is 4.68. The predicted molar refractivity (Wildman–Crippen MR) is 48.8 cm³/mol. The van der Waals surface area contributed by atoms with Crippen LogP contribution in [0.3, 0.4) is 0 Å². The van der Waals surface area contributed by atoms with E-state index in [-0.39, 0.29) is 10.6 Å². The zero-order chi connectivity index (χ0) is 9.14. The van der Waals surface area contributed by atoms with Gasteiger partial charge < -0.3 is 0 Å². The second-order valence-corrected chi connectivity index (χ2v) is 3.12. The summed E-state index contributed by atoms with van der Waals surface area (Å²) in [5.41, 5.74) is 0.875. The van der Waals surface area contributed by atoms with E-state index in [1.54, 1.807) is 6.07 Å². The fraction of sp³-hybridized carbons (Fsp3) is 0.125.